The molecule has 0 atom stereocenters. The molecule has 0 aliphatic carbocycles. The van der Waals surface area contributed by atoms with E-state index in [1.807, 2.05) is 18.7 Å². The molecular formula is C24H34BrN5O2. The number of amides is 2. The van der Waals surface area contributed by atoms with Crippen molar-refractivity contribution in [3.05, 3.63) is 45.2 Å². The Labute approximate surface area is 199 Å². The maximum absolute atomic E-state index is 13.2. The molecule has 7 nitrogen and oxygen atoms in total. The van der Waals surface area contributed by atoms with Crippen molar-refractivity contribution in [2.45, 2.75) is 53.5 Å². The number of hydrogen-bond donors (Lipinski definition) is 1. The molecule has 1 N–H and O–H groups in total. The highest BCUT2D eigenvalue weighted by Crippen LogP contribution is 2.24. The molecule has 2 heterocycles. The third kappa shape index (κ3) is 5.41. The molecule has 2 amide bonds. The topological polar surface area (TPSA) is 70.5 Å². The first kappa shape index (κ1) is 24.5. The Morgan fingerprint density at radius 2 is 1.75 bits per heavy atom. The molecule has 1 aromatic heterocycles. The SMILES string of the molecule is CCc1cccc(CC)c1NC(=O)CN1CCCN(C(=O)c2c(Br)c(C)nn2CC)CC1. The lowest BCUT2D eigenvalue weighted by atomic mass is 10.0. The van der Waals surface area contributed by atoms with Crippen LogP contribution in [0.4, 0.5) is 5.69 Å². The summed E-state index contributed by atoms with van der Waals surface area (Å²) in [6.45, 7) is 11.8. The highest BCUT2D eigenvalue weighted by Gasteiger charge is 2.27. The molecule has 174 valence electrons. The fraction of sp³-hybridized carbons (Fsp3) is 0.542. The van der Waals surface area contributed by atoms with E-state index in [2.05, 4.69) is 63.3 Å². The van der Waals surface area contributed by atoms with Crippen molar-refractivity contribution in [2.75, 3.05) is 38.0 Å². The van der Waals surface area contributed by atoms with Crippen LogP contribution in [-0.4, -0.2) is 64.1 Å². The van der Waals surface area contributed by atoms with Gasteiger partial charge in [-0.2, -0.15) is 5.10 Å². The van der Waals surface area contributed by atoms with Gasteiger partial charge < -0.3 is 10.2 Å². The molecule has 0 radical (unpaired) electrons. The van der Waals surface area contributed by atoms with Gasteiger partial charge in [-0.3, -0.25) is 19.2 Å². The van der Waals surface area contributed by atoms with E-state index in [1.54, 1.807) is 4.68 Å². The molecule has 32 heavy (non-hydrogen) atoms. The predicted octanol–water partition coefficient (Wildman–Crippen LogP) is 3.89. The number of rotatable bonds is 7. The number of nitrogens with one attached hydrogen (secondary N) is 1. The predicted molar refractivity (Wildman–Crippen MR) is 131 cm³/mol. The first-order valence-electron chi connectivity index (χ1n) is 11.5. The number of anilines is 1. The highest BCUT2D eigenvalue weighted by molar-refractivity contribution is 9.10. The summed E-state index contributed by atoms with van der Waals surface area (Å²) in [7, 11) is 0. The van der Waals surface area contributed by atoms with Crippen LogP contribution in [-0.2, 0) is 24.2 Å². The van der Waals surface area contributed by atoms with Crippen LogP contribution in [0.5, 0.6) is 0 Å². The van der Waals surface area contributed by atoms with Crippen LogP contribution in [0.2, 0.25) is 0 Å². The van der Waals surface area contributed by atoms with Crippen LogP contribution >= 0.6 is 15.9 Å². The van der Waals surface area contributed by atoms with Gasteiger partial charge in [0.15, 0.2) is 0 Å². The minimum absolute atomic E-state index is 0.00260. The van der Waals surface area contributed by atoms with Crippen LogP contribution < -0.4 is 5.32 Å². The third-order valence-corrected chi connectivity index (χ3v) is 7.01. The van der Waals surface area contributed by atoms with Gasteiger partial charge >= 0.3 is 0 Å². The fourth-order valence-electron chi connectivity index (χ4n) is 4.26. The summed E-state index contributed by atoms with van der Waals surface area (Å²) >= 11 is 3.53. The Morgan fingerprint density at radius 1 is 1.06 bits per heavy atom. The molecule has 1 fully saturated rings. The molecular weight excluding hydrogens is 470 g/mol. The maximum Gasteiger partial charge on any atom is 0.273 e. The molecule has 0 bridgehead atoms. The number of hydrogen-bond acceptors (Lipinski definition) is 4. The van der Waals surface area contributed by atoms with Gasteiger partial charge in [-0.25, -0.2) is 0 Å². The Morgan fingerprint density at radius 3 is 2.38 bits per heavy atom. The molecule has 3 rings (SSSR count). The number of aryl methyl sites for hydroxylation is 4. The number of halogens is 1. The van der Waals surface area contributed by atoms with E-state index in [0.29, 0.717) is 38.4 Å². The minimum Gasteiger partial charge on any atom is -0.336 e. The summed E-state index contributed by atoms with van der Waals surface area (Å²) in [5, 5.41) is 7.60. The Balaban J connectivity index is 1.63. The standard InChI is InChI=1S/C24H34BrN5O2/c1-5-18-10-8-11-19(6-2)22(18)26-20(31)16-28-12-9-13-29(15-14-28)24(32)23-21(25)17(4)27-30(23)7-3/h8,10-11H,5-7,9,12-16H2,1-4H3,(H,26,31). The van der Waals surface area contributed by atoms with E-state index in [9.17, 15) is 9.59 Å². The van der Waals surface area contributed by atoms with E-state index in [1.165, 1.54) is 11.1 Å². The number of nitrogens with zero attached hydrogens (tertiary/aromatic N) is 4. The van der Waals surface area contributed by atoms with Crippen LogP contribution in [0.3, 0.4) is 0 Å². The largest absolute Gasteiger partial charge is 0.336 e. The second-order valence-electron chi connectivity index (χ2n) is 8.19. The van der Waals surface area contributed by atoms with Crippen LogP contribution in [0.1, 0.15) is 54.5 Å². The normalized spacial score (nSPS) is 15.0. The zero-order chi connectivity index (χ0) is 23.3. The highest BCUT2D eigenvalue weighted by atomic mass is 79.9. The average molecular weight is 504 g/mol. The monoisotopic (exact) mass is 503 g/mol. The van der Waals surface area contributed by atoms with Crippen LogP contribution in [0, 0.1) is 6.92 Å². The molecule has 1 saturated heterocycles. The van der Waals surface area contributed by atoms with Gasteiger partial charge in [0.2, 0.25) is 5.91 Å². The fourth-order valence-corrected chi connectivity index (χ4v) is 4.71. The number of para-hydroxylation sites is 1. The Bertz CT molecular complexity index is 949. The number of carbonyl (C=O) groups excluding carboxylic acids is 2. The molecule has 0 unspecified atom stereocenters. The number of aromatic nitrogens is 2. The summed E-state index contributed by atoms with van der Waals surface area (Å²) in [5.41, 5.74) is 4.72. The summed E-state index contributed by atoms with van der Waals surface area (Å²) < 4.78 is 2.53. The molecule has 1 aliphatic rings. The molecule has 0 spiro atoms. The summed E-state index contributed by atoms with van der Waals surface area (Å²) in [6.07, 6.45) is 2.60. The van der Waals surface area contributed by atoms with Crippen LogP contribution in [0.15, 0.2) is 22.7 Å². The summed E-state index contributed by atoms with van der Waals surface area (Å²) in [6, 6.07) is 6.20. The molecule has 1 aliphatic heterocycles. The van der Waals surface area contributed by atoms with Gasteiger partial charge in [0.05, 0.1) is 16.7 Å². The maximum atomic E-state index is 13.2. The van der Waals surface area contributed by atoms with Crippen molar-refractivity contribution in [3.63, 3.8) is 0 Å². The van der Waals surface area contributed by atoms with Gasteiger partial charge in [0.25, 0.3) is 5.91 Å². The van der Waals surface area contributed by atoms with E-state index < -0.39 is 0 Å². The van der Waals surface area contributed by atoms with E-state index in [4.69, 9.17) is 0 Å². The minimum atomic E-state index is -0.00455. The molecule has 1 aromatic carbocycles. The van der Waals surface area contributed by atoms with E-state index in [0.717, 1.165) is 41.7 Å². The zero-order valence-electron chi connectivity index (χ0n) is 19.6. The summed E-state index contributed by atoms with van der Waals surface area (Å²) in [5.74, 6) is -0.00195. The lowest BCUT2D eigenvalue weighted by Crippen LogP contribution is -2.38. The molecule has 0 saturated carbocycles. The second-order valence-corrected chi connectivity index (χ2v) is 8.99. The Kier molecular flexibility index (Phi) is 8.48. The number of benzene rings is 1. The molecule has 8 heteroatoms. The van der Waals surface area contributed by atoms with Crippen LogP contribution in [0.25, 0.3) is 0 Å². The zero-order valence-corrected chi connectivity index (χ0v) is 21.2. The Hall–Kier alpha value is -2.19. The van der Waals surface area contributed by atoms with Gasteiger partial charge in [0, 0.05) is 38.4 Å². The first-order valence-corrected chi connectivity index (χ1v) is 12.3. The first-order chi connectivity index (χ1) is 15.4. The van der Waals surface area contributed by atoms with E-state index in [-0.39, 0.29) is 11.8 Å². The van der Waals surface area contributed by atoms with Crippen molar-refractivity contribution in [3.8, 4) is 0 Å². The van der Waals surface area contributed by atoms with Gasteiger partial charge in [-0.15, -0.1) is 0 Å². The van der Waals surface area contributed by atoms with Crippen molar-refractivity contribution >= 4 is 33.4 Å². The summed E-state index contributed by atoms with van der Waals surface area (Å²) in [4.78, 5) is 30.1. The van der Waals surface area contributed by atoms with Crippen molar-refractivity contribution < 1.29 is 9.59 Å². The van der Waals surface area contributed by atoms with Gasteiger partial charge in [-0.1, -0.05) is 32.0 Å². The van der Waals surface area contributed by atoms with Gasteiger partial charge in [0.1, 0.15) is 5.69 Å². The smallest absolute Gasteiger partial charge is 0.273 e. The second kappa shape index (κ2) is 11.1. The quantitative estimate of drug-likeness (QED) is 0.622. The average Bonchev–Trinajstić information content (AvgIpc) is 2.93. The third-order valence-electron chi connectivity index (χ3n) is 6.06. The van der Waals surface area contributed by atoms with Gasteiger partial charge in [-0.05, 0) is 60.2 Å². The lowest BCUT2D eigenvalue weighted by Gasteiger charge is -2.22. The van der Waals surface area contributed by atoms with Crippen molar-refractivity contribution in [1.82, 2.24) is 19.6 Å². The van der Waals surface area contributed by atoms with Crippen molar-refractivity contribution in [1.29, 1.82) is 0 Å². The molecule has 2 aromatic rings. The number of carbonyl (C=O) groups is 2. The van der Waals surface area contributed by atoms with Crippen molar-refractivity contribution in [2.24, 2.45) is 0 Å². The lowest BCUT2D eigenvalue weighted by molar-refractivity contribution is -0.117. The van der Waals surface area contributed by atoms with E-state index >= 15 is 0 Å².